The number of nitrogens with one attached hydrogen (secondary N) is 2. The number of ether oxygens (including phenoxy) is 1. The van der Waals surface area contributed by atoms with Crippen LogP contribution < -0.4 is 15.7 Å². The first-order valence-corrected chi connectivity index (χ1v) is 10.0. The number of carbonyl (C=O) groups is 1. The Hall–Kier alpha value is -3.13. The van der Waals surface area contributed by atoms with E-state index < -0.39 is 11.5 Å². The number of aryl methyl sites for hydroxylation is 1. The van der Waals surface area contributed by atoms with Gasteiger partial charge in [0.25, 0.3) is 5.91 Å². The van der Waals surface area contributed by atoms with Crippen molar-refractivity contribution in [1.82, 2.24) is 10.3 Å². The summed E-state index contributed by atoms with van der Waals surface area (Å²) in [6.07, 6.45) is 0.485. The van der Waals surface area contributed by atoms with E-state index >= 15 is 0 Å². The molecule has 0 saturated heterocycles. The maximum atomic E-state index is 13.6. The van der Waals surface area contributed by atoms with Gasteiger partial charge in [0.05, 0.1) is 7.11 Å². The van der Waals surface area contributed by atoms with Crippen molar-refractivity contribution in [2.24, 2.45) is 0 Å². The number of methoxy groups -OCH3 is 1. The Morgan fingerprint density at radius 3 is 2.83 bits per heavy atom. The number of benzene rings is 2. The quantitative estimate of drug-likeness (QED) is 0.419. The number of aromatic nitrogens is 1. The number of fused-ring (bicyclic) bond motifs is 2. The Kier molecular flexibility index (Phi) is 5.34. The molecule has 1 amide bonds. The van der Waals surface area contributed by atoms with Crippen molar-refractivity contribution in [2.45, 2.75) is 13.3 Å². The SMILES string of the molecule is COc1cc(Br)cc2cc(C(=O)NCCc3c(C)[nH]c4ccc(F)cc34)c(=O)oc12. The second-order valence-electron chi connectivity index (χ2n) is 6.90. The van der Waals surface area contributed by atoms with Crippen LogP contribution >= 0.6 is 15.9 Å². The minimum absolute atomic E-state index is 0.0932. The van der Waals surface area contributed by atoms with Gasteiger partial charge in [0.2, 0.25) is 0 Å². The predicted octanol–water partition coefficient (Wildman–Crippen LogP) is 4.47. The van der Waals surface area contributed by atoms with Crippen LogP contribution in [0.2, 0.25) is 0 Å². The summed E-state index contributed by atoms with van der Waals surface area (Å²) >= 11 is 3.37. The fourth-order valence-electron chi connectivity index (χ4n) is 3.55. The minimum atomic E-state index is -0.744. The maximum Gasteiger partial charge on any atom is 0.349 e. The van der Waals surface area contributed by atoms with Gasteiger partial charge in [-0.05, 0) is 55.3 Å². The summed E-state index contributed by atoms with van der Waals surface area (Å²) < 4.78 is 24.9. The molecule has 4 aromatic rings. The zero-order valence-corrected chi connectivity index (χ0v) is 17.9. The van der Waals surface area contributed by atoms with Crippen molar-refractivity contribution in [2.75, 3.05) is 13.7 Å². The molecule has 0 aliphatic carbocycles. The molecule has 0 saturated carbocycles. The van der Waals surface area contributed by atoms with Crippen molar-refractivity contribution in [3.05, 3.63) is 73.9 Å². The third-order valence-electron chi connectivity index (χ3n) is 4.97. The van der Waals surface area contributed by atoms with E-state index in [9.17, 15) is 14.0 Å². The summed E-state index contributed by atoms with van der Waals surface area (Å²) in [4.78, 5) is 28.2. The molecule has 0 spiro atoms. The Balaban J connectivity index is 1.56. The molecule has 2 heterocycles. The lowest BCUT2D eigenvalue weighted by molar-refractivity contribution is 0.0950. The molecule has 0 fully saturated rings. The minimum Gasteiger partial charge on any atom is -0.493 e. The smallest absolute Gasteiger partial charge is 0.349 e. The van der Waals surface area contributed by atoms with Crippen LogP contribution in [0.1, 0.15) is 21.6 Å². The molecule has 0 radical (unpaired) electrons. The Labute approximate surface area is 179 Å². The monoisotopic (exact) mass is 472 g/mol. The Bertz CT molecular complexity index is 1340. The van der Waals surface area contributed by atoms with Crippen LogP contribution in [0.4, 0.5) is 4.39 Å². The molecular weight excluding hydrogens is 455 g/mol. The Morgan fingerprint density at radius 2 is 2.07 bits per heavy atom. The summed E-state index contributed by atoms with van der Waals surface area (Å²) in [5.74, 6) is -0.458. The van der Waals surface area contributed by atoms with Crippen LogP contribution in [0.15, 0.2) is 50.1 Å². The number of aromatic amines is 1. The number of amides is 1. The van der Waals surface area contributed by atoms with E-state index in [4.69, 9.17) is 9.15 Å². The second-order valence-corrected chi connectivity index (χ2v) is 7.81. The molecule has 0 aliphatic rings. The number of halogens is 2. The van der Waals surface area contributed by atoms with Crippen molar-refractivity contribution >= 4 is 43.7 Å². The third kappa shape index (κ3) is 3.70. The average molecular weight is 473 g/mol. The molecule has 8 heteroatoms. The average Bonchev–Trinajstić information content (AvgIpc) is 3.01. The van der Waals surface area contributed by atoms with Crippen molar-refractivity contribution in [1.29, 1.82) is 0 Å². The van der Waals surface area contributed by atoms with E-state index in [0.717, 1.165) is 26.6 Å². The van der Waals surface area contributed by atoms with E-state index in [1.54, 1.807) is 18.2 Å². The highest BCUT2D eigenvalue weighted by atomic mass is 79.9. The van der Waals surface area contributed by atoms with E-state index in [0.29, 0.717) is 17.6 Å². The Morgan fingerprint density at radius 1 is 1.27 bits per heavy atom. The lowest BCUT2D eigenvalue weighted by Gasteiger charge is -2.08. The lowest BCUT2D eigenvalue weighted by Crippen LogP contribution is -2.30. The molecule has 6 nitrogen and oxygen atoms in total. The van der Waals surface area contributed by atoms with Gasteiger partial charge in [-0.2, -0.15) is 0 Å². The molecule has 2 N–H and O–H groups in total. The summed E-state index contributed by atoms with van der Waals surface area (Å²) in [7, 11) is 1.47. The number of hydrogen-bond acceptors (Lipinski definition) is 4. The number of carbonyl (C=O) groups excluding carboxylic acids is 1. The first-order valence-electron chi connectivity index (χ1n) is 9.23. The lowest BCUT2D eigenvalue weighted by atomic mass is 10.1. The normalized spacial score (nSPS) is 11.2. The van der Waals surface area contributed by atoms with Gasteiger partial charge >= 0.3 is 5.63 Å². The third-order valence-corrected chi connectivity index (χ3v) is 5.43. The number of rotatable bonds is 5. The van der Waals surface area contributed by atoms with Gasteiger partial charge < -0.3 is 19.5 Å². The maximum absolute atomic E-state index is 13.6. The molecule has 2 aromatic carbocycles. The summed E-state index contributed by atoms with van der Waals surface area (Å²) in [5.41, 5.74) is 2.11. The first kappa shape index (κ1) is 20.2. The van der Waals surface area contributed by atoms with Gasteiger partial charge in [-0.15, -0.1) is 0 Å². The molecule has 0 aliphatic heterocycles. The fourth-order valence-corrected chi connectivity index (χ4v) is 4.00. The zero-order chi connectivity index (χ0) is 21.4. The van der Waals surface area contributed by atoms with Gasteiger partial charge in [-0.1, -0.05) is 15.9 Å². The highest BCUT2D eigenvalue weighted by Crippen LogP contribution is 2.29. The van der Waals surface area contributed by atoms with Crippen LogP contribution in [0, 0.1) is 12.7 Å². The van der Waals surface area contributed by atoms with Gasteiger partial charge in [-0.25, -0.2) is 9.18 Å². The van der Waals surface area contributed by atoms with E-state index in [-0.39, 0.29) is 23.5 Å². The van der Waals surface area contributed by atoms with Crippen molar-refractivity contribution < 1.29 is 18.3 Å². The van der Waals surface area contributed by atoms with Crippen LogP contribution in [-0.4, -0.2) is 24.5 Å². The summed E-state index contributed by atoms with van der Waals surface area (Å²) in [5, 5.41) is 4.09. The molecule has 0 bridgehead atoms. The highest BCUT2D eigenvalue weighted by molar-refractivity contribution is 9.10. The molecule has 2 aromatic heterocycles. The van der Waals surface area contributed by atoms with Crippen LogP contribution in [-0.2, 0) is 6.42 Å². The van der Waals surface area contributed by atoms with Crippen LogP contribution in [0.3, 0.4) is 0 Å². The topological polar surface area (TPSA) is 84.3 Å². The molecule has 154 valence electrons. The van der Waals surface area contributed by atoms with E-state index in [1.807, 2.05) is 6.92 Å². The standard InChI is InChI=1S/C22H18BrFN2O4/c1-11-15(16-10-14(24)3-4-18(16)26-11)5-6-25-21(27)17-8-12-7-13(23)9-19(29-2)20(12)30-22(17)28/h3-4,7-10,26H,5-6H2,1-2H3,(H,25,27). The number of hydrogen-bond donors (Lipinski definition) is 2. The van der Waals surface area contributed by atoms with Gasteiger partial charge in [-0.3, -0.25) is 4.79 Å². The molecule has 4 rings (SSSR count). The summed E-state index contributed by atoms with van der Waals surface area (Å²) in [6.45, 7) is 2.18. The van der Waals surface area contributed by atoms with Gasteiger partial charge in [0, 0.05) is 33.0 Å². The second kappa shape index (κ2) is 7.95. The fraction of sp³-hybridized carbons (Fsp3) is 0.182. The molecular formula is C22H18BrFN2O4. The zero-order valence-electron chi connectivity index (χ0n) is 16.3. The highest BCUT2D eigenvalue weighted by Gasteiger charge is 2.17. The van der Waals surface area contributed by atoms with E-state index in [2.05, 4.69) is 26.2 Å². The molecule has 30 heavy (non-hydrogen) atoms. The summed E-state index contributed by atoms with van der Waals surface area (Å²) in [6, 6.07) is 9.46. The van der Waals surface area contributed by atoms with Gasteiger partial charge in [0.1, 0.15) is 11.4 Å². The predicted molar refractivity (Wildman–Crippen MR) is 116 cm³/mol. The van der Waals surface area contributed by atoms with Crippen molar-refractivity contribution in [3.8, 4) is 5.75 Å². The van der Waals surface area contributed by atoms with Gasteiger partial charge in [0.15, 0.2) is 11.3 Å². The first-order chi connectivity index (χ1) is 14.4. The molecule has 0 atom stereocenters. The van der Waals surface area contributed by atoms with Crippen LogP contribution in [0.25, 0.3) is 21.9 Å². The number of H-pyrrole nitrogens is 1. The largest absolute Gasteiger partial charge is 0.493 e. The van der Waals surface area contributed by atoms with E-state index in [1.165, 1.54) is 25.3 Å². The molecule has 0 unspecified atom stereocenters. The van der Waals surface area contributed by atoms with Crippen molar-refractivity contribution in [3.63, 3.8) is 0 Å². The van der Waals surface area contributed by atoms with Crippen LogP contribution in [0.5, 0.6) is 5.75 Å².